The smallest absolute Gasteiger partial charge is 0.257 e. The van der Waals surface area contributed by atoms with Crippen LogP contribution in [0.1, 0.15) is 39.5 Å². The van der Waals surface area contributed by atoms with Crippen LogP contribution in [0.3, 0.4) is 0 Å². The van der Waals surface area contributed by atoms with Gasteiger partial charge in [-0.3, -0.25) is 19.8 Å². The van der Waals surface area contributed by atoms with Gasteiger partial charge in [0.15, 0.2) is 17.8 Å². The lowest BCUT2D eigenvalue weighted by Crippen LogP contribution is -2.17. The fourth-order valence-electron chi connectivity index (χ4n) is 3.82. The van der Waals surface area contributed by atoms with E-state index in [1.807, 2.05) is 19.9 Å². The van der Waals surface area contributed by atoms with Gasteiger partial charge < -0.3 is 31.6 Å². The number of anilines is 2. The average molecular weight is 518 g/mol. The van der Waals surface area contributed by atoms with E-state index in [0.29, 0.717) is 58.0 Å². The number of aryl methyl sites for hydroxylation is 1. The fraction of sp³-hybridized carbons (Fsp3) is 0.214. The van der Waals surface area contributed by atoms with Crippen LogP contribution >= 0.6 is 0 Å². The zero-order valence-corrected chi connectivity index (χ0v) is 21.3. The third-order valence-corrected chi connectivity index (χ3v) is 5.51. The maximum Gasteiger partial charge on any atom is 0.257 e. The van der Waals surface area contributed by atoms with Gasteiger partial charge in [-0.15, -0.1) is 0 Å². The SMILES string of the molecule is CCOc1cc(CC(N)=O)cc(CNc2ccc(C)cc2C(=O)Nc2ccc(C(=N)N)cc2)c1OCC=O. The first-order valence-corrected chi connectivity index (χ1v) is 12.0. The van der Waals surface area contributed by atoms with Gasteiger partial charge in [0.1, 0.15) is 12.4 Å². The van der Waals surface area contributed by atoms with Crippen molar-refractivity contribution in [3.8, 4) is 11.5 Å². The molecule has 0 aliphatic rings. The number of amidine groups is 1. The highest BCUT2D eigenvalue weighted by Gasteiger charge is 2.17. The van der Waals surface area contributed by atoms with Gasteiger partial charge in [0.05, 0.1) is 18.6 Å². The number of hydrogen-bond donors (Lipinski definition) is 5. The van der Waals surface area contributed by atoms with E-state index in [-0.39, 0.29) is 31.3 Å². The summed E-state index contributed by atoms with van der Waals surface area (Å²) in [5, 5.41) is 13.6. The van der Waals surface area contributed by atoms with E-state index in [2.05, 4.69) is 10.6 Å². The Balaban J connectivity index is 1.90. The van der Waals surface area contributed by atoms with E-state index >= 15 is 0 Å². The number of ether oxygens (including phenoxy) is 2. The highest BCUT2D eigenvalue weighted by atomic mass is 16.5. The van der Waals surface area contributed by atoms with Gasteiger partial charge in [-0.1, -0.05) is 11.6 Å². The Hall–Kier alpha value is -4.86. The average Bonchev–Trinajstić information content (AvgIpc) is 2.87. The second-order valence-corrected chi connectivity index (χ2v) is 8.48. The minimum Gasteiger partial charge on any atom is -0.490 e. The molecule has 0 saturated carbocycles. The number of amides is 2. The molecule has 3 rings (SSSR count). The van der Waals surface area contributed by atoms with E-state index in [1.165, 1.54) is 0 Å². The molecular weight excluding hydrogens is 486 g/mol. The minimum atomic E-state index is -0.498. The zero-order valence-electron chi connectivity index (χ0n) is 21.3. The molecule has 3 aromatic carbocycles. The lowest BCUT2D eigenvalue weighted by molar-refractivity contribution is -0.117. The molecule has 198 valence electrons. The van der Waals surface area contributed by atoms with Crippen molar-refractivity contribution in [3.63, 3.8) is 0 Å². The van der Waals surface area contributed by atoms with E-state index in [4.69, 9.17) is 26.4 Å². The summed E-state index contributed by atoms with van der Waals surface area (Å²) in [6.45, 7) is 4.07. The van der Waals surface area contributed by atoms with Gasteiger partial charge in [0.2, 0.25) is 5.91 Å². The summed E-state index contributed by atoms with van der Waals surface area (Å²) in [5.74, 6) is -0.135. The van der Waals surface area contributed by atoms with Crippen molar-refractivity contribution in [2.24, 2.45) is 11.5 Å². The topological polar surface area (TPSA) is 170 Å². The second kappa shape index (κ2) is 12.9. The van der Waals surface area contributed by atoms with Crippen molar-refractivity contribution < 1.29 is 23.9 Å². The second-order valence-electron chi connectivity index (χ2n) is 8.48. The number of benzene rings is 3. The summed E-state index contributed by atoms with van der Waals surface area (Å²) in [4.78, 5) is 35.8. The fourth-order valence-corrected chi connectivity index (χ4v) is 3.82. The van der Waals surface area contributed by atoms with Crippen LogP contribution in [-0.2, 0) is 22.6 Å². The minimum absolute atomic E-state index is 0.00163. The van der Waals surface area contributed by atoms with Crippen molar-refractivity contribution in [2.45, 2.75) is 26.8 Å². The number of nitrogen functional groups attached to an aromatic ring is 1. The molecule has 7 N–H and O–H groups in total. The van der Waals surface area contributed by atoms with Gasteiger partial charge in [0, 0.05) is 29.0 Å². The predicted molar refractivity (Wildman–Crippen MR) is 146 cm³/mol. The summed E-state index contributed by atoms with van der Waals surface area (Å²) >= 11 is 0. The summed E-state index contributed by atoms with van der Waals surface area (Å²) in [6.07, 6.45) is 0.636. The summed E-state index contributed by atoms with van der Waals surface area (Å²) < 4.78 is 11.4. The van der Waals surface area contributed by atoms with Crippen molar-refractivity contribution in [1.82, 2.24) is 0 Å². The molecule has 0 heterocycles. The highest BCUT2D eigenvalue weighted by Crippen LogP contribution is 2.34. The largest absolute Gasteiger partial charge is 0.490 e. The molecule has 0 spiro atoms. The van der Waals surface area contributed by atoms with Gasteiger partial charge in [-0.05, 0) is 67.9 Å². The standard InChI is InChI=1S/C28H31N5O5/c1-3-37-24-14-18(15-25(29)35)13-20(26(24)38-11-10-34)16-32-23-9-4-17(2)12-22(23)28(36)33-21-7-5-19(6-8-21)27(30)31/h4-10,12-14,32H,3,11,15-16H2,1-2H3,(H2,29,35)(H3,30,31)(H,33,36). The molecule has 0 radical (unpaired) electrons. The van der Waals surface area contributed by atoms with E-state index in [0.717, 1.165) is 5.56 Å². The van der Waals surface area contributed by atoms with Crippen molar-refractivity contribution >= 4 is 35.3 Å². The van der Waals surface area contributed by atoms with Gasteiger partial charge in [-0.2, -0.15) is 0 Å². The maximum absolute atomic E-state index is 13.2. The first-order valence-electron chi connectivity index (χ1n) is 12.0. The van der Waals surface area contributed by atoms with Gasteiger partial charge in [-0.25, -0.2) is 0 Å². The molecule has 0 unspecified atom stereocenters. The Morgan fingerprint density at radius 1 is 1.03 bits per heavy atom. The number of rotatable bonds is 13. The molecule has 0 atom stereocenters. The van der Waals surface area contributed by atoms with Gasteiger partial charge >= 0.3 is 0 Å². The van der Waals surface area contributed by atoms with Crippen LogP contribution in [0.4, 0.5) is 11.4 Å². The van der Waals surface area contributed by atoms with Crippen LogP contribution in [0, 0.1) is 12.3 Å². The molecule has 2 amide bonds. The molecule has 0 aliphatic carbocycles. The third-order valence-electron chi connectivity index (χ3n) is 5.51. The van der Waals surface area contributed by atoms with Crippen molar-refractivity contribution in [1.29, 1.82) is 5.41 Å². The third kappa shape index (κ3) is 7.33. The molecular formula is C28H31N5O5. The van der Waals surface area contributed by atoms with Crippen LogP contribution in [0.5, 0.6) is 11.5 Å². The molecule has 0 aliphatic heterocycles. The number of aldehydes is 1. The van der Waals surface area contributed by atoms with Crippen LogP contribution in [-0.4, -0.2) is 37.1 Å². The molecule has 3 aromatic rings. The Bertz CT molecular complexity index is 1340. The number of carbonyl (C=O) groups is 3. The molecule has 0 aromatic heterocycles. The molecule has 0 fully saturated rings. The van der Waals surface area contributed by atoms with E-state index in [9.17, 15) is 14.4 Å². The van der Waals surface area contributed by atoms with Crippen LogP contribution < -0.4 is 31.6 Å². The predicted octanol–water partition coefficient (Wildman–Crippen LogP) is 3.15. The molecule has 0 bridgehead atoms. The quantitative estimate of drug-likeness (QED) is 0.132. The van der Waals surface area contributed by atoms with Crippen molar-refractivity contribution in [3.05, 3.63) is 82.4 Å². The monoisotopic (exact) mass is 517 g/mol. The first kappa shape index (κ1) is 27.7. The lowest BCUT2D eigenvalue weighted by atomic mass is 10.0. The van der Waals surface area contributed by atoms with E-state index < -0.39 is 5.91 Å². The normalized spacial score (nSPS) is 10.4. The molecule has 10 nitrogen and oxygen atoms in total. The number of primary amides is 1. The summed E-state index contributed by atoms with van der Waals surface area (Å²) in [6, 6.07) is 15.5. The summed E-state index contributed by atoms with van der Waals surface area (Å²) in [7, 11) is 0. The van der Waals surface area contributed by atoms with Crippen LogP contribution in [0.15, 0.2) is 54.6 Å². The van der Waals surface area contributed by atoms with Gasteiger partial charge in [0.25, 0.3) is 5.91 Å². The number of nitrogens with one attached hydrogen (secondary N) is 3. The molecule has 0 saturated heterocycles. The number of nitrogens with two attached hydrogens (primary N) is 2. The molecule has 10 heteroatoms. The first-order chi connectivity index (χ1) is 18.2. The Morgan fingerprint density at radius 2 is 1.76 bits per heavy atom. The van der Waals surface area contributed by atoms with Crippen LogP contribution in [0.25, 0.3) is 0 Å². The Labute approximate surface area is 220 Å². The summed E-state index contributed by atoms with van der Waals surface area (Å²) in [5.41, 5.74) is 15.1. The maximum atomic E-state index is 13.2. The number of hydrogen-bond acceptors (Lipinski definition) is 7. The Kier molecular flexibility index (Phi) is 9.42. The molecule has 38 heavy (non-hydrogen) atoms. The highest BCUT2D eigenvalue weighted by molar-refractivity contribution is 6.08. The lowest BCUT2D eigenvalue weighted by Gasteiger charge is -2.19. The van der Waals surface area contributed by atoms with Crippen LogP contribution in [0.2, 0.25) is 0 Å². The van der Waals surface area contributed by atoms with E-state index in [1.54, 1.807) is 48.5 Å². The number of carbonyl (C=O) groups excluding carboxylic acids is 3. The Morgan fingerprint density at radius 3 is 2.39 bits per heavy atom. The van der Waals surface area contributed by atoms with Crippen molar-refractivity contribution in [2.75, 3.05) is 23.8 Å². The zero-order chi connectivity index (χ0) is 27.7.